The number of thiophene rings is 1. The number of rotatable bonds is 1. The third-order valence-electron chi connectivity index (χ3n) is 2.53. The van der Waals surface area contributed by atoms with Crippen LogP contribution in [0.3, 0.4) is 0 Å². The summed E-state index contributed by atoms with van der Waals surface area (Å²) >= 11 is 3.09. The highest BCUT2D eigenvalue weighted by molar-refractivity contribution is 8.00. The van der Waals surface area contributed by atoms with Gasteiger partial charge in [0.15, 0.2) is 0 Å². The van der Waals surface area contributed by atoms with Gasteiger partial charge in [0, 0.05) is 16.9 Å². The molecule has 0 bridgehead atoms. The third-order valence-corrected chi connectivity index (χ3v) is 4.79. The molecule has 0 aliphatic heterocycles. The Morgan fingerprint density at radius 3 is 2.93 bits per heavy atom. The minimum atomic E-state index is -2.59. The second kappa shape index (κ2) is 3.81. The van der Waals surface area contributed by atoms with Crippen LogP contribution in [0.5, 0.6) is 0 Å². The quantitative estimate of drug-likeness (QED) is 0.516. The molecule has 78 valence electrons. The first kappa shape index (κ1) is 10.4. The Kier molecular flexibility index (Phi) is 2.84. The first-order valence-corrected chi connectivity index (χ1v) is 6.72. The number of hydrogen-bond donors (Lipinski definition) is 0. The first-order chi connectivity index (χ1) is 6.63. The van der Waals surface area contributed by atoms with Crippen LogP contribution in [0.15, 0.2) is 10.3 Å². The fourth-order valence-electron chi connectivity index (χ4n) is 1.77. The van der Waals surface area contributed by atoms with Crippen molar-refractivity contribution >= 4 is 23.1 Å². The lowest BCUT2D eigenvalue weighted by atomic mass is 10.1. The number of aryl methyl sites for hydroxylation is 1. The number of halogens is 2. The van der Waals surface area contributed by atoms with Gasteiger partial charge in [-0.15, -0.1) is 23.1 Å². The maximum Gasteiger partial charge on any atom is 0.274 e. The van der Waals surface area contributed by atoms with Gasteiger partial charge in [-0.3, -0.25) is 0 Å². The SMILES string of the molecule is CSc1cc2c(s1)CCCCC2(F)F. The lowest BCUT2D eigenvalue weighted by Crippen LogP contribution is -2.11. The van der Waals surface area contributed by atoms with E-state index in [1.807, 2.05) is 6.26 Å². The van der Waals surface area contributed by atoms with Crippen molar-refractivity contribution in [1.29, 1.82) is 0 Å². The molecular weight excluding hydrogens is 222 g/mol. The molecule has 1 aromatic heterocycles. The van der Waals surface area contributed by atoms with Crippen molar-refractivity contribution in [3.8, 4) is 0 Å². The lowest BCUT2D eigenvalue weighted by Gasteiger charge is -2.13. The third kappa shape index (κ3) is 1.82. The lowest BCUT2D eigenvalue weighted by molar-refractivity contribution is -0.0134. The largest absolute Gasteiger partial charge is 0.274 e. The summed E-state index contributed by atoms with van der Waals surface area (Å²) in [6.45, 7) is 0. The van der Waals surface area contributed by atoms with Gasteiger partial charge in [0.1, 0.15) is 0 Å². The number of hydrogen-bond acceptors (Lipinski definition) is 2. The van der Waals surface area contributed by atoms with Crippen molar-refractivity contribution in [3.63, 3.8) is 0 Å². The average molecular weight is 234 g/mol. The second-order valence-electron chi connectivity index (χ2n) is 3.52. The highest BCUT2D eigenvalue weighted by Gasteiger charge is 2.36. The minimum absolute atomic E-state index is 0.0184. The first-order valence-electron chi connectivity index (χ1n) is 4.68. The molecule has 0 radical (unpaired) electrons. The average Bonchev–Trinajstić information content (AvgIpc) is 2.51. The summed E-state index contributed by atoms with van der Waals surface area (Å²) < 4.78 is 28.2. The van der Waals surface area contributed by atoms with E-state index in [0.717, 1.165) is 21.9 Å². The Morgan fingerprint density at radius 1 is 1.43 bits per heavy atom. The predicted octanol–water partition coefficient (Wildman–Crippen LogP) is 4.29. The van der Waals surface area contributed by atoms with Crippen molar-refractivity contribution in [2.24, 2.45) is 0 Å². The highest BCUT2D eigenvalue weighted by Crippen LogP contribution is 2.44. The van der Waals surface area contributed by atoms with Crippen molar-refractivity contribution in [1.82, 2.24) is 0 Å². The van der Waals surface area contributed by atoms with E-state index in [1.165, 1.54) is 11.3 Å². The van der Waals surface area contributed by atoms with E-state index in [-0.39, 0.29) is 6.42 Å². The Bertz CT molecular complexity index is 331. The van der Waals surface area contributed by atoms with Crippen molar-refractivity contribution in [3.05, 3.63) is 16.5 Å². The smallest absolute Gasteiger partial charge is 0.201 e. The van der Waals surface area contributed by atoms with Gasteiger partial charge in [0.25, 0.3) is 5.92 Å². The molecule has 0 aromatic carbocycles. The molecule has 0 saturated carbocycles. The molecule has 4 heteroatoms. The summed E-state index contributed by atoms with van der Waals surface area (Å²) in [7, 11) is 0. The van der Waals surface area contributed by atoms with Gasteiger partial charge in [-0.05, 0) is 31.6 Å². The van der Waals surface area contributed by atoms with Crippen LogP contribution in [0.25, 0.3) is 0 Å². The molecule has 1 aliphatic rings. The molecule has 1 aliphatic carbocycles. The molecule has 0 amide bonds. The fourth-order valence-corrected chi connectivity index (χ4v) is 3.62. The molecule has 2 rings (SSSR count). The van der Waals surface area contributed by atoms with Crippen molar-refractivity contribution in [2.45, 2.75) is 35.8 Å². The molecule has 0 fully saturated rings. The second-order valence-corrected chi connectivity index (χ2v) is 5.76. The van der Waals surface area contributed by atoms with Gasteiger partial charge in [-0.1, -0.05) is 0 Å². The van der Waals surface area contributed by atoms with Crippen LogP contribution >= 0.6 is 23.1 Å². The maximum atomic E-state index is 13.6. The molecule has 0 N–H and O–H groups in total. The van der Waals surface area contributed by atoms with E-state index in [4.69, 9.17) is 0 Å². The van der Waals surface area contributed by atoms with E-state index < -0.39 is 5.92 Å². The summed E-state index contributed by atoms with van der Waals surface area (Å²) in [6.07, 6.45) is 4.32. The van der Waals surface area contributed by atoms with Crippen LogP contribution in [0.1, 0.15) is 29.7 Å². The summed E-state index contributed by atoms with van der Waals surface area (Å²) in [5, 5.41) is 0. The Hall–Kier alpha value is -0.0900. The van der Waals surface area contributed by atoms with E-state index in [2.05, 4.69) is 0 Å². The normalized spacial score (nSPS) is 20.2. The van der Waals surface area contributed by atoms with Gasteiger partial charge >= 0.3 is 0 Å². The molecule has 0 spiro atoms. The van der Waals surface area contributed by atoms with E-state index in [0.29, 0.717) is 12.0 Å². The monoisotopic (exact) mass is 234 g/mol. The van der Waals surface area contributed by atoms with Gasteiger partial charge < -0.3 is 0 Å². The Morgan fingerprint density at radius 2 is 2.21 bits per heavy atom. The Labute approximate surface area is 90.7 Å². The molecule has 0 saturated heterocycles. The molecule has 0 unspecified atom stereocenters. The van der Waals surface area contributed by atoms with Gasteiger partial charge in [0.05, 0.1) is 4.21 Å². The Balaban J connectivity index is 2.43. The van der Waals surface area contributed by atoms with Crippen LogP contribution in [-0.2, 0) is 12.3 Å². The standard InChI is InChI=1S/C10H12F2S2/c1-13-9-6-7-8(14-9)4-2-3-5-10(7,11)12/h6H,2-5H2,1H3. The summed E-state index contributed by atoms with van der Waals surface area (Å²) in [6, 6.07) is 1.68. The zero-order valence-electron chi connectivity index (χ0n) is 7.98. The maximum absolute atomic E-state index is 13.6. The zero-order valence-corrected chi connectivity index (χ0v) is 9.61. The molecular formula is C10H12F2S2. The molecule has 14 heavy (non-hydrogen) atoms. The fraction of sp³-hybridized carbons (Fsp3) is 0.600. The topological polar surface area (TPSA) is 0 Å². The highest BCUT2D eigenvalue weighted by atomic mass is 32.2. The molecule has 0 atom stereocenters. The number of fused-ring (bicyclic) bond motifs is 1. The molecule has 0 nitrogen and oxygen atoms in total. The molecule has 1 heterocycles. The summed E-state index contributed by atoms with van der Waals surface area (Å²) in [5.41, 5.74) is 0.296. The minimum Gasteiger partial charge on any atom is -0.201 e. The van der Waals surface area contributed by atoms with Crippen LogP contribution < -0.4 is 0 Å². The van der Waals surface area contributed by atoms with Crippen molar-refractivity contribution < 1.29 is 8.78 Å². The number of alkyl halides is 2. The van der Waals surface area contributed by atoms with Crippen LogP contribution in [0, 0.1) is 0 Å². The van der Waals surface area contributed by atoms with E-state index >= 15 is 0 Å². The van der Waals surface area contributed by atoms with Crippen molar-refractivity contribution in [2.75, 3.05) is 6.26 Å². The zero-order chi connectivity index (χ0) is 10.2. The van der Waals surface area contributed by atoms with Gasteiger partial charge in [-0.2, -0.15) is 0 Å². The van der Waals surface area contributed by atoms with Crippen LogP contribution in [0.4, 0.5) is 8.78 Å². The number of thioether (sulfide) groups is 1. The summed E-state index contributed by atoms with van der Waals surface area (Å²) in [4.78, 5) is 0.900. The predicted molar refractivity (Wildman–Crippen MR) is 57.5 cm³/mol. The molecule has 1 aromatic rings. The van der Waals surface area contributed by atoms with Gasteiger partial charge in [-0.25, -0.2) is 8.78 Å². The van der Waals surface area contributed by atoms with Gasteiger partial charge in [0.2, 0.25) is 0 Å². The summed E-state index contributed by atoms with van der Waals surface area (Å²) in [5.74, 6) is -2.59. The van der Waals surface area contributed by atoms with Crippen LogP contribution in [-0.4, -0.2) is 6.26 Å². The van der Waals surface area contributed by atoms with E-state index in [9.17, 15) is 8.78 Å². The van der Waals surface area contributed by atoms with E-state index in [1.54, 1.807) is 17.8 Å². The van der Waals surface area contributed by atoms with Crippen LogP contribution in [0.2, 0.25) is 0 Å².